The molecule has 0 saturated carbocycles. The molecule has 2 heterocycles. The second-order valence-corrected chi connectivity index (χ2v) is 6.58. The van der Waals surface area contributed by atoms with Gasteiger partial charge in [-0.3, -0.25) is 14.0 Å². The van der Waals surface area contributed by atoms with E-state index in [9.17, 15) is 9.59 Å². The van der Waals surface area contributed by atoms with Crippen LogP contribution in [-0.4, -0.2) is 21.1 Å². The molecule has 6 heteroatoms. The molecule has 3 aromatic rings. The monoisotopic (exact) mass is 385 g/mol. The van der Waals surface area contributed by atoms with Crippen molar-refractivity contribution in [3.05, 3.63) is 63.5 Å². The third-order valence-corrected chi connectivity index (χ3v) is 4.24. The number of hydrogen-bond donors (Lipinski definition) is 1. The highest BCUT2D eigenvalue weighted by Gasteiger charge is 2.18. The normalized spacial score (nSPS) is 10.8. The molecule has 0 unspecified atom stereocenters. The molecule has 0 bridgehead atoms. The summed E-state index contributed by atoms with van der Waals surface area (Å²) in [6.45, 7) is 5.28. The summed E-state index contributed by atoms with van der Waals surface area (Å²) in [6, 6.07) is 8.78. The zero-order valence-corrected chi connectivity index (χ0v) is 15.1. The van der Waals surface area contributed by atoms with Crippen molar-refractivity contribution in [2.75, 3.05) is 5.32 Å². The van der Waals surface area contributed by atoms with E-state index < -0.39 is 0 Å². The Balaban J connectivity index is 1.97. The van der Waals surface area contributed by atoms with Crippen LogP contribution < -0.4 is 5.32 Å². The molecule has 0 aliphatic carbocycles. The molecule has 0 fully saturated rings. The number of aromatic nitrogens is 2. The molecule has 1 aromatic carbocycles. The summed E-state index contributed by atoms with van der Waals surface area (Å²) in [7, 11) is 0. The molecule has 0 saturated heterocycles. The Bertz CT molecular complexity index is 959. The van der Waals surface area contributed by atoms with Gasteiger partial charge < -0.3 is 5.32 Å². The Morgan fingerprint density at radius 2 is 1.83 bits per heavy atom. The maximum atomic E-state index is 12.7. The second kappa shape index (κ2) is 6.20. The smallest absolute Gasteiger partial charge is 0.274 e. The second-order valence-electron chi connectivity index (χ2n) is 5.67. The number of amides is 1. The number of carbonyl (C=O) groups is 2. The molecule has 1 N–H and O–H groups in total. The zero-order chi connectivity index (χ0) is 17.4. The van der Waals surface area contributed by atoms with Crippen LogP contribution in [-0.2, 0) is 0 Å². The van der Waals surface area contributed by atoms with E-state index in [1.807, 2.05) is 26.1 Å². The van der Waals surface area contributed by atoms with E-state index in [0.29, 0.717) is 22.6 Å². The lowest BCUT2D eigenvalue weighted by Crippen LogP contribution is -2.15. The van der Waals surface area contributed by atoms with Gasteiger partial charge in [-0.05, 0) is 72.6 Å². The molecule has 0 atom stereocenters. The van der Waals surface area contributed by atoms with E-state index in [0.717, 1.165) is 15.7 Å². The first-order chi connectivity index (χ1) is 11.4. The van der Waals surface area contributed by atoms with Crippen molar-refractivity contribution in [2.24, 2.45) is 0 Å². The van der Waals surface area contributed by atoms with Gasteiger partial charge in [0, 0.05) is 21.9 Å². The van der Waals surface area contributed by atoms with E-state index in [1.165, 1.54) is 6.92 Å². The third kappa shape index (κ3) is 2.97. The average Bonchev–Trinajstić information content (AvgIpc) is 2.84. The van der Waals surface area contributed by atoms with Crippen LogP contribution in [0.25, 0.3) is 5.65 Å². The van der Waals surface area contributed by atoms with Crippen LogP contribution in [0.4, 0.5) is 5.69 Å². The maximum absolute atomic E-state index is 12.7. The zero-order valence-electron chi connectivity index (χ0n) is 13.6. The van der Waals surface area contributed by atoms with Crippen LogP contribution in [0.5, 0.6) is 0 Å². The van der Waals surface area contributed by atoms with Crippen molar-refractivity contribution in [3.63, 3.8) is 0 Å². The van der Waals surface area contributed by atoms with Crippen LogP contribution in [0.2, 0.25) is 0 Å². The maximum Gasteiger partial charge on any atom is 0.274 e. The van der Waals surface area contributed by atoms with E-state index in [-0.39, 0.29) is 11.7 Å². The van der Waals surface area contributed by atoms with Gasteiger partial charge in [-0.25, -0.2) is 4.98 Å². The SMILES string of the molecule is CC(=O)c1ccc(NC(=O)c2c(C)nc3c(C)cc(Br)cn23)cc1. The number of carbonyl (C=O) groups excluding carboxylic acids is 2. The number of pyridine rings is 1. The van der Waals surface area contributed by atoms with Crippen molar-refractivity contribution >= 4 is 39.0 Å². The van der Waals surface area contributed by atoms with E-state index in [4.69, 9.17) is 0 Å². The molecule has 0 aliphatic heterocycles. The van der Waals surface area contributed by atoms with Crippen LogP contribution >= 0.6 is 15.9 Å². The predicted octanol–water partition coefficient (Wildman–Crippen LogP) is 4.17. The predicted molar refractivity (Wildman–Crippen MR) is 96.8 cm³/mol. The summed E-state index contributed by atoms with van der Waals surface area (Å²) < 4.78 is 2.67. The minimum atomic E-state index is -0.243. The summed E-state index contributed by atoms with van der Waals surface area (Å²) in [5, 5.41) is 2.86. The number of halogens is 1. The third-order valence-electron chi connectivity index (χ3n) is 3.81. The molecule has 24 heavy (non-hydrogen) atoms. The Morgan fingerprint density at radius 3 is 2.46 bits per heavy atom. The average molecular weight is 386 g/mol. The molecule has 122 valence electrons. The fraction of sp³-hybridized carbons (Fsp3) is 0.167. The lowest BCUT2D eigenvalue weighted by atomic mass is 10.1. The topological polar surface area (TPSA) is 63.5 Å². The highest BCUT2D eigenvalue weighted by atomic mass is 79.9. The number of nitrogens with one attached hydrogen (secondary N) is 1. The minimum Gasteiger partial charge on any atom is -0.321 e. The van der Waals surface area contributed by atoms with Crippen molar-refractivity contribution < 1.29 is 9.59 Å². The van der Waals surface area contributed by atoms with Crippen molar-refractivity contribution in [2.45, 2.75) is 20.8 Å². The van der Waals surface area contributed by atoms with Crippen LogP contribution in [0.1, 0.15) is 39.0 Å². The summed E-state index contributed by atoms with van der Waals surface area (Å²) in [5.41, 5.74) is 4.13. The van der Waals surface area contributed by atoms with Gasteiger partial charge in [-0.1, -0.05) is 0 Å². The number of ketones is 1. The Morgan fingerprint density at radius 1 is 1.17 bits per heavy atom. The van der Waals surface area contributed by atoms with E-state index in [1.54, 1.807) is 28.7 Å². The fourth-order valence-corrected chi connectivity index (χ4v) is 3.18. The summed E-state index contributed by atoms with van der Waals surface area (Å²) in [4.78, 5) is 28.5. The van der Waals surface area contributed by atoms with Gasteiger partial charge in [-0.2, -0.15) is 0 Å². The van der Waals surface area contributed by atoms with Gasteiger partial charge >= 0.3 is 0 Å². The minimum absolute atomic E-state index is 0.00849. The molecular formula is C18H16BrN3O2. The van der Waals surface area contributed by atoms with Crippen molar-refractivity contribution in [1.29, 1.82) is 0 Å². The molecule has 0 spiro atoms. The van der Waals surface area contributed by atoms with Crippen LogP contribution in [0, 0.1) is 13.8 Å². The van der Waals surface area contributed by atoms with Gasteiger partial charge in [0.1, 0.15) is 11.3 Å². The number of Topliss-reactive ketones (excluding diaryl/α,β-unsaturated/α-hetero) is 1. The molecule has 3 rings (SSSR count). The first kappa shape index (κ1) is 16.4. The molecule has 0 radical (unpaired) electrons. The highest BCUT2D eigenvalue weighted by molar-refractivity contribution is 9.10. The van der Waals surface area contributed by atoms with Crippen LogP contribution in [0.3, 0.4) is 0 Å². The number of imidazole rings is 1. The standard InChI is InChI=1S/C18H16BrN3O2/c1-10-8-14(19)9-22-16(11(2)20-17(10)22)18(24)21-15-6-4-13(5-7-15)12(3)23/h4-9H,1-3H3,(H,21,24). The molecular weight excluding hydrogens is 370 g/mol. The Kier molecular flexibility index (Phi) is 4.24. The summed E-state index contributed by atoms with van der Waals surface area (Å²) in [5.74, 6) is -0.251. The Hall–Kier alpha value is -2.47. The van der Waals surface area contributed by atoms with Gasteiger partial charge in [-0.15, -0.1) is 0 Å². The first-order valence-electron chi connectivity index (χ1n) is 7.44. The first-order valence-corrected chi connectivity index (χ1v) is 8.23. The van der Waals surface area contributed by atoms with Gasteiger partial charge in [0.05, 0.1) is 5.69 Å². The number of nitrogens with zero attached hydrogens (tertiary/aromatic N) is 2. The molecule has 1 amide bonds. The molecule has 5 nitrogen and oxygen atoms in total. The van der Waals surface area contributed by atoms with Gasteiger partial charge in [0.25, 0.3) is 5.91 Å². The highest BCUT2D eigenvalue weighted by Crippen LogP contribution is 2.21. The number of hydrogen-bond acceptors (Lipinski definition) is 3. The largest absolute Gasteiger partial charge is 0.321 e. The van der Waals surface area contributed by atoms with Crippen molar-refractivity contribution in [1.82, 2.24) is 9.38 Å². The lowest BCUT2D eigenvalue weighted by Gasteiger charge is -2.07. The number of benzene rings is 1. The van der Waals surface area contributed by atoms with E-state index >= 15 is 0 Å². The summed E-state index contributed by atoms with van der Waals surface area (Å²) in [6.07, 6.45) is 1.83. The lowest BCUT2D eigenvalue weighted by molar-refractivity contribution is 0.101. The van der Waals surface area contributed by atoms with Crippen LogP contribution in [0.15, 0.2) is 41.0 Å². The quantitative estimate of drug-likeness (QED) is 0.688. The fourth-order valence-electron chi connectivity index (χ4n) is 2.63. The number of anilines is 1. The number of fused-ring (bicyclic) bond motifs is 1. The Labute approximate surface area is 147 Å². The number of aryl methyl sites for hydroxylation is 2. The van der Waals surface area contributed by atoms with Gasteiger partial charge in [0.2, 0.25) is 0 Å². The van der Waals surface area contributed by atoms with E-state index in [2.05, 4.69) is 26.2 Å². The van der Waals surface area contributed by atoms with Gasteiger partial charge in [0.15, 0.2) is 5.78 Å². The molecule has 2 aromatic heterocycles. The number of rotatable bonds is 3. The van der Waals surface area contributed by atoms with Crippen molar-refractivity contribution in [3.8, 4) is 0 Å². The molecule has 0 aliphatic rings. The summed E-state index contributed by atoms with van der Waals surface area (Å²) >= 11 is 3.45.